The first-order valence-electron chi connectivity index (χ1n) is 7.75. The van der Waals surface area contributed by atoms with E-state index in [0.717, 1.165) is 24.3 Å². The Kier molecular flexibility index (Phi) is 4.50. The maximum Gasteiger partial charge on any atom is 0.329 e. The highest BCUT2D eigenvalue weighted by atomic mass is 32.2. The van der Waals surface area contributed by atoms with Crippen molar-refractivity contribution in [2.75, 3.05) is 11.5 Å². The molecular weight excluding hydrogens is 318 g/mol. The van der Waals surface area contributed by atoms with Crippen LogP contribution in [0.15, 0.2) is 6.07 Å². The zero-order chi connectivity index (χ0) is 15.7. The van der Waals surface area contributed by atoms with Gasteiger partial charge in [-0.3, -0.25) is 4.79 Å². The van der Waals surface area contributed by atoms with Crippen molar-refractivity contribution < 1.29 is 14.7 Å². The van der Waals surface area contributed by atoms with Gasteiger partial charge in [-0.25, -0.2) is 4.79 Å². The number of aryl methyl sites for hydroxylation is 1. The average Bonchev–Trinajstić information content (AvgIpc) is 2.91. The number of carboxylic acids is 1. The third kappa shape index (κ3) is 3.04. The van der Waals surface area contributed by atoms with Crippen molar-refractivity contribution in [2.45, 2.75) is 44.6 Å². The highest BCUT2D eigenvalue weighted by Gasteiger charge is 2.41. The van der Waals surface area contributed by atoms with Crippen LogP contribution >= 0.6 is 23.1 Å². The second-order valence-corrected chi connectivity index (χ2v) is 8.72. The molecule has 1 aromatic heterocycles. The lowest BCUT2D eigenvalue weighted by molar-refractivity contribution is -0.144. The van der Waals surface area contributed by atoms with Crippen molar-refractivity contribution in [3.05, 3.63) is 21.4 Å². The summed E-state index contributed by atoms with van der Waals surface area (Å²) in [4.78, 5) is 26.2. The van der Waals surface area contributed by atoms with Crippen molar-refractivity contribution >= 4 is 35.0 Å². The second-order valence-electron chi connectivity index (χ2n) is 6.36. The number of hydrogen-bond acceptors (Lipinski definition) is 4. The summed E-state index contributed by atoms with van der Waals surface area (Å²) in [7, 11) is 0. The second kappa shape index (κ2) is 6.24. The van der Waals surface area contributed by atoms with E-state index in [4.69, 9.17) is 0 Å². The highest BCUT2D eigenvalue weighted by molar-refractivity contribution is 7.99. The Morgan fingerprint density at radius 2 is 2.09 bits per heavy atom. The van der Waals surface area contributed by atoms with E-state index >= 15 is 0 Å². The third-order valence-electron chi connectivity index (χ3n) is 4.66. The van der Waals surface area contributed by atoms with Gasteiger partial charge in [-0.05, 0) is 61.2 Å². The maximum atomic E-state index is 12.6. The van der Waals surface area contributed by atoms with Gasteiger partial charge >= 0.3 is 5.97 Å². The van der Waals surface area contributed by atoms with Crippen LogP contribution in [-0.4, -0.2) is 34.0 Å². The number of thioether (sulfide) groups is 1. The first kappa shape index (κ1) is 15.9. The van der Waals surface area contributed by atoms with E-state index in [1.54, 1.807) is 11.8 Å². The molecule has 2 aliphatic rings. The van der Waals surface area contributed by atoms with E-state index in [0.29, 0.717) is 23.6 Å². The van der Waals surface area contributed by atoms with E-state index in [1.807, 2.05) is 6.07 Å². The van der Waals surface area contributed by atoms with Crippen LogP contribution < -0.4 is 5.32 Å². The van der Waals surface area contributed by atoms with Gasteiger partial charge in [0.2, 0.25) is 0 Å². The number of thiophene rings is 1. The number of fused-ring (bicyclic) bond motifs is 1. The number of hydrogen-bond donors (Lipinski definition) is 2. The van der Waals surface area contributed by atoms with Crippen LogP contribution in [0.3, 0.4) is 0 Å². The predicted molar refractivity (Wildman–Crippen MR) is 89.9 cm³/mol. The normalized spacial score (nSPS) is 23.6. The summed E-state index contributed by atoms with van der Waals surface area (Å²) in [5.74, 6) is 1.10. The van der Waals surface area contributed by atoms with Gasteiger partial charge in [-0.15, -0.1) is 11.3 Å². The molecule has 0 bridgehead atoms. The van der Waals surface area contributed by atoms with Gasteiger partial charge in [0, 0.05) is 4.88 Å². The molecule has 0 radical (unpaired) electrons. The quantitative estimate of drug-likeness (QED) is 0.888. The molecule has 1 aliphatic heterocycles. The number of aliphatic carboxylic acids is 1. The molecule has 4 nitrogen and oxygen atoms in total. The van der Waals surface area contributed by atoms with E-state index in [1.165, 1.54) is 28.2 Å². The summed E-state index contributed by atoms with van der Waals surface area (Å²) in [5, 5.41) is 12.4. The molecular formula is C16H21NO3S2. The SMILES string of the molecule is CC1CCc2sc(C(=O)NC3(C(=O)O)CCSCC3)cc2C1. The number of carboxylic acid groups (broad SMARTS) is 1. The molecule has 1 atom stereocenters. The molecule has 0 spiro atoms. The van der Waals surface area contributed by atoms with E-state index in [2.05, 4.69) is 12.2 Å². The molecule has 1 fully saturated rings. The molecule has 0 saturated carbocycles. The Bertz CT molecular complexity index is 590. The number of carbonyl (C=O) groups is 2. The average molecular weight is 339 g/mol. The van der Waals surface area contributed by atoms with Crippen LogP contribution in [0.4, 0.5) is 0 Å². The first-order chi connectivity index (χ1) is 10.5. The van der Waals surface area contributed by atoms with Crippen LogP contribution in [0.2, 0.25) is 0 Å². The van der Waals surface area contributed by atoms with Gasteiger partial charge in [0.05, 0.1) is 4.88 Å². The Morgan fingerprint density at radius 1 is 1.36 bits per heavy atom. The summed E-state index contributed by atoms with van der Waals surface area (Å²) in [6, 6.07) is 1.97. The molecule has 2 N–H and O–H groups in total. The van der Waals surface area contributed by atoms with Crippen LogP contribution in [0, 0.1) is 5.92 Å². The van der Waals surface area contributed by atoms with Crippen LogP contribution in [-0.2, 0) is 17.6 Å². The van der Waals surface area contributed by atoms with Gasteiger partial charge in [-0.2, -0.15) is 11.8 Å². The van der Waals surface area contributed by atoms with Crippen molar-refractivity contribution in [1.29, 1.82) is 0 Å². The fourth-order valence-electron chi connectivity index (χ4n) is 3.21. The van der Waals surface area contributed by atoms with Gasteiger partial charge < -0.3 is 10.4 Å². The Hall–Kier alpha value is -1.01. The molecule has 120 valence electrons. The van der Waals surface area contributed by atoms with Crippen LogP contribution in [0.5, 0.6) is 0 Å². The van der Waals surface area contributed by atoms with Crippen LogP contribution in [0.1, 0.15) is 46.3 Å². The van der Waals surface area contributed by atoms with Gasteiger partial charge in [0.15, 0.2) is 0 Å². The minimum Gasteiger partial charge on any atom is -0.480 e. The monoisotopic (exact) mass is 339 g/mol. The lowest BCUT2D eigenvalue weighted by Crippen LogP contribution is -2.56. The number of rotatable bonds is 3. The minimum atomic E-state index is -1.08. The standard InChI is InChI=1S/C16H21NO3S2/c1-10-2-3-12-11(8-10)9-13(22-12)14(18)17-16(15(19)20)4-6-21-7-5-16/h9-10H,2-8H2,1H3,(H,17,18)(H,19,20). The smallest absolute Gasteiger partial charge is 0.329 e. The predicted octanol–water partition coefficient (Wildman–Crippen LogP) is 2.95. The van der Waals surface area contributed by atoms with E-state index in [9.17, 15) is 14.7 Å². The van der Waals surface area contributed by atoms with Gasteiger partial charge in [-0.1, -0.05) is 6.92 Å². The summed E-state index contributed by atoms with van der Waals surface area (Å²) >= 11 is 3.28. The van der Waals surface area contributed by atoms with Crippen molar-refractivity contribution in [3.8, 4) is 0 Å². The molecule has 1 saturated heterocycles. The van der Waals surface area contributed by atoms with E-state index in [-0.39, 0.29) is 5.91 Å². The molecule has 1 amide bonds. The summed E-state index contributed by atoms with van der Waals surface area (Å²) in [6.45, 7) is 2.24. The lowest BCUT2D eigenvalue weighted by Gasteiger charge is -2.33. The molecule has 1 aliphatic carbocycles. The number of amides is 1. The van der Waals surface area contributed by atoms with Gasteiger partial charge in [0.1, 0.15) is 5.54 Å². The molecule has 6 heteroatoms. The molecule has 1 aromatic rings. The molecule has 22 heavy (non-hydrogen) atoms. The fraction of sp³-hybridized carbons (Fsp3) is 0.625. The Morgan fingerprint density at radius 3 is 2.77 bits per heavy atom. The largest absolute Gasteiger partial charge is 0.480 e. The maximum absolute atomic E-state index is 12.6. The highest BCUT2D eigenvalue weighted by Crippen LogP contribution is 2.33. The lowest BCUT2D eigenvalue weighted by atomic mass is 9.90. The van der Waals surface area contributed by atoms with Gasteiger partial charge in [0.25, 0.3) is 5.91 Å². The third-order valence-corrected chi connectivity index (χ3v) is 6.88. The summed E-state index contributed by atoms with van der Waals surface area (Å²) < 4.78 is 0. The minimum absolute atomic E-state index is 0.221. The summed E-state index contributed by atoms with van der Waals surface area (Å²) in [6.07, 6.45) is 4.24. The molecule has 0 aromatic carbocycles. The Balaban J connectivity index is 1.77. The number of nitrogens with one attached hydrogen (secondary N) is 1. The fourth-order valence-corrected chi connectivity index (χ4v) is 5.50. The first-order valence-corrected chi connectivity index (χ1v) is 9.72. The zero-order valence-electron chi connectivity index (χ0n) is 12.7. The number of carbonyl (C=O) groups excluding carboxylic acids is 1. The zero-order valence-corrected chi connectivity index (χ0v) is 14.3. The summed E-state index contributed by atoms with van der Waals surface area (Å²) in [5.41, 5.74) is 0.192. The molecule has 3 rings (SSSR count). The van der Waals surface area contributed by atoms with Crippen molar-refractivity contribution in [3.63, 3.8) is 0 Å². The van der Waals surface area contributed by atoms with Crippen molar-refractivity contribution in [2.24, 2.45) is 5.92 Å². The Labute approximate surface area is 138 Å². The van der Waals surface area contributed by atoms with Crippen LogP contribution in [0.25, 0.3) is 0 Å². The topological polar surface area (TPSA) is 66.4 Å². The van der Waals surface area contributed by atoms with Crippen molar-refractivity contribution in [1.82, 2.24) is 5.32 Å². The molecule has 2 heterocycles. The molecule has 1 unspecified atom stereocenters. The van der Waals surface area contributed by atoms with E-state index < -0.39 is 11.5 Å².